The minimum absolute atomic E-state index is 0.219. The molecule has 1 aromatic heterocycles. The molecule has 0 bridgehead atoms. The molecule has 1 heterocycles. The molecule has 0 aliphatic carbocycles. The lowest BCUT2D eigenvalue weighted by Gasteiger charge is -2.10. The molecule has 0 atom stereocenters. The number of anilines is 1. The first-order valence-electron chi connectivity index (χ1n) is 9.17. The Morgan fingerprint density at radius 3 is 2.54 bits per heavy atom. The molecule has 2 N–H and O–H groups in total. The van der Waals surface area contributed by atoms with Crippen LogP contribution in [0.3, 0.4) is 0 Å². The number of nitrogens with zero attached hydrogens (tertiary/aromatic N) is 2. The summed E-state index contributed by atoms with van der Waals surface area (Å²) >= 11 is 6.01. The molecule has 0 saturated carbocycles. The Morgan fingerprint density at radius 1 is 1.00 bits per heavy atom. The van der Waals surface area contributed by atoms with Crippen LogP contribution < -0.4 is 10.6 Å². The van der Waals surface area contributed by atoms with E-state index in [0.717, 1.165) is 22.6 Å². The number of rotatable bonds is 7. The van der Waals surface area contributed by atoms with E-state index in [9.17, 15) is 4.79 Å². The monoisotopic (exact) mass is 394 g/mol. The second kappa shape index (κ2) is 9.33. The van der Waals surface area contributed by atoms with Crippen molar-refractivity contribution in [3.8, 4) is 0 Å². The normalized spacial score (nSPS) is 10.5. The van der Waals surface area contributed by atoms with Crippen LogP contribution in [0.4, 0.5) is 5.82 Å². The van der Waals surface area contributed by atoms with Gasteiger partial charge in [-0.05, 0) is 43.5 Å². The van der Waals surface area contributed by atoms with E-state index >= 15 is 0 Å². The average molecular weight is 395 g/mol. The Bertz CT molecular complexity index is 957. The van der Waals surface area contributed by atoms with Crippen molar-refractivity contribution in [2.75, 3.05) is 11.9 Å². The summed E-state index contributed by atoms with van der Waals surface area (Å²) in [6.07, 6.45) is 0.804. The fraction of sp³-hybridized carbons (Fsp3) is 0.227. The fourth-order valence-electron chi connectivity index (χ4n) is 2.78. The van der Waals surface area contributed by atoms with Gasteiger partial charge in [0.05, 0.1) is 0 Å². The highest BCUT2D eigenvalue weighted by Crippen LogP contribution is 2.12. The summed E-state index contributed by atoms with van der Waals surface area (Å²) in [5, 5.41) is 6.89. The van der Waals surface area contributed by atoms with E-state index in [0.29, 0.717) is 30.4 Å². The molecular formula is C22H23ClN4O. The van der Waals surface area contributed by atoms with E-state index in [-0.39, 0.29) is 5.91 Å². The molecule has 144 valence electrons. The molecule has 1 amide bonds. The van der Waals surface area contributed by atoms with Crippen LogP contribution in [0.5, 0.6) is 0 Å². The van der Waals surface area contributed by atoms with Gasteiger partial charge in [-0.25, -0.2) is 9.97 Å². The maximum Gasteiger partial charge on any atom is 0.270 e. The number of amides is 1. The van der Waals surface area contributed by atoms with Crippen LogP contribution in [-0.4, -0.2) is 22.4 Å². The fourth-order valence-corrected chi connectivity index (χ4v) is 2.99. The van der Waals surface area contributed by atoms with Crippen molar-refractivity contribution < 1.29 is 4.79 Å². The second-order valence-corrected chi connectivity index (χ2v) is 7.10. The molecule has 0 fully saturated rings. The molecule has 0 radical (unpaired) electrons. The minimum atomic E-state index is -0.219. The number of hydrogen-bond acceptors (Lipinski definition) is 4. The van der Waals surface area contributed by atoms with Gasteiger partial charge in [0.1, 0.15) is 17.3 Å². The van der Waals surface area contributed by atoms with E-state index in [4.69, 9.17) is 11.6 Å². The molecule has 2 aromatic carbocycles. The molecule has 0 aliphatic rings. The van der Waals surface area contributed by atoms with Gasteiger partial charge < -0.3 is 10.6 Å². The SMILES string of the molecule is Cc1ccc(CNC(=O)c2cc(NCCc3cccc(Cl)c3)nc(C)n2)cc1. The van der Waals surface area contributed by atoms with E-state index in [1.165, 1.54) is 5.56 Å². The van der Waals surface area contributed by atoms with Crippen LogP contribution in [0.15, 0.2) is 54.6 Å². The van der Waals surface area contributed by atoms with Crippen molar-refractivity contribution in [2.45, 2.75) is 26.8 Å². The van der Waals surface area contributed by atoms with Gasteiger partial charge in [0, 0.05) is 24.2 Å². The Balaban J connectivity index is 1.58. The lowest BCUT2D eigenvalue weighted by atomic mass is 10.1. The molecule has 0 aliphatic heterocycles. The summed E-state index contributed by atoms with van der Waals surface area (Å²) < 4.78 is 0. The van der Waals surface area contributed by atoms with Gasteiger partial charge in [-0.3, -0.25) is 4.79 Å². The molecule has 0 saturated heterocycles. The Kier molecular flexibility index (Phi) is 6.61. The second-order valence-electron chi connectivity index (χ2n) is 6.66. The van der Waals surface area contributed by atoms with Crippen molar-refractivity contribution >= 4 is 23.3 Å². The highest BCUT2D eigenvalue weighted by atomic mass is 35.5. The lowest BCUT2D eigenvalue weighted by molar-refractivity contribution is 0.0945. The quantitative estimate of drug-likeness (QED) is 0.625. The number of halogens is 1. The largest absolute Gasteiger partial charge is 0.370 e. The zero-order chi connectivity index (χ0) is 19.9. The summed E-state index contributed by atoms with van der Waals surface area (Å²) in [6.45, 7) is 4.95. The molecule has 0 spiro atoms. The van der Waals surface area contributed by atoms with Gasteiger partial charge in [-0.2, -0.15) is 0 Å². The molecule has 28 heavy (non-hydrogen) atoms. The van der Waals surface area contributed by atoms with Crippen LogP contribution in [0.1, 0.15) is 33.0 Å². The topological polar surface area (TPSA) is 66.9 Å². The maximum absolute atomic E-state index is 12.5. The Labute approximate surface area is 170 Å². The number of aromatic nitrogens is 2. The summed E-state index contributed by atoms with van der Waals surface area (Å²) in [7, 11) is 0. The molecule has 6 heteroatoms. The molecular weight excluding hydrogens is 372 g/mol. The smallest absolute Gasteiger partial charge is 0.270 e. The molecule has 0 unspecified atom stereocenters. The molecule has 5 nitrogen and oxygen atoms in total. The van der Waals surface area contributed by atoms with Crippen LogP contribution in [-0.2, 0) is 13.0 Å². The molecule has 3 rings (SSSR count). The van der Waals surface area contributed by atoms with Crippen molar-refractivity contribution in [1.82, 2.24) is 15.3 Å². The zero-order valence-electron chi connectivity index (χ0n) is 16.0. The van der Waals surface area contributed by atoms with Crippen LogP contribution in [0.25, 0.3) is 0 Å². The number of carbonyl (C=O) groups excluding carboxylic acids is 1. The standard InChI is InChI=1S/C22H23ClN4O/c1-15-6-8-18(9-7-15)14-25-22(28)20-13-21(27-16(2)26-20)24-11-10-17-4-3-5-19(23)12-17/h3-9,12-13H,10-11,14H2,1-2H3,(H,25,28)(H,24,26,27). The first kappa shape index (κ1) is 19.8. The average Bonchev–Trinajstić information content (AvgIpc) is 2.67. The third-order valence-corrected chi connectivity index (χ3v) is 4.49. The van der Waals surface area contributed by atoms with Crippen molar-refractivity contribution in [3.05, 3.63) is 87.8 Å². The summed E-state index contributed by atoms with van der Waals surface area (Å²) in [6, 6.07) is 17.5. The first-order valence-corrected chi connectivity index (χ1v) is 9.55. The maximum atomic E-state index is 12.5. The van der Waals surface area contributed by atoms with Gasteiger partial charge in [0.25, 0.3) is 5.91 Å². The number of carbonyl (C=O) groups is 1. The zero-order valence-corrected chi connectivity index (χ0v) is 16.8. The number of aryl methyl sites for hydroxylation is 2. The van der Waals surface area contributed by atoms with E-state index < -0.39 is 0 Å². The molecule has 3 aromatic rings. The van der Waals surface area contributed by atoms with Crippen molar-refractivity contribution in [2.24, 2.45) is 0 Å². The summed E-state index contributed by atoms with van der Waals surface area (Å²) in [5.74, 6) is 0.965. The third-order valence-electron chi connectivity index (χ3n) is 4.25. The lowest BCUT2D eigenvalue weighted by Crippen LogP contribution is -2.24. The highest BCUT2D eigenvalue weighted by molar-refractivity contribution is 6.30. The van der Waals surface area contributed by atoms with Gasteiger partial charge >= 0.3 is 0 Å². The van der Waals surface area contributed by atoms with Gasteiger partial charge in [0.2, 0.25) is 0 Å². The predicted molar refractivity (Wildman–Crippen MR) is 113 cm³/mol. The summed E-state index contributed by atoms with van der Waals surface area (Å²) in [5.41, 5.74) is 3.73. The van der Waals surface area contributed by atoms with Gasteiger partial charge in [-0.1, -0.05) is 53.6 Å². The first-order chi connectivity index (χ1) is 13.5. The van der Waals surface area contributed by atoms with E-state index in [2.05, 4.69) is 20.6 Å². The van der Waals surface area contributed by atoms with Crippen LogP contribution in [0.2, 0.25) is 5.02 Å². The van der Waals surface area contributed by atoms with Gasteiger partial charge in [-0.15, -0.1) is 0 Å². The van der Waals surface area contributed by atoms with Gasteiger partial charge in [0.15, 0.2) is 0 Å². The minimum Gasteiger partial charge on any atom is -0.370 e. The highest BCUT2D eigenvalue weighted by Gasteiger charge is 2.10. The van der Waals surface area contributed by atoms with Crippen molar-refractivity contribution in [1.29, 1.82) is 0 Å². The summed E-state index contributed by atoms with van der Waals surface area (Å²) in [4.78, 5) is 21.1. The van der Waals surface area contributed by atoms with E-state index in [1.54, 1.807) is 13.0 Å². The number of hydrogen-bond donors (Lipinski definition) is 2. The number of benzene rings is 2. The Morgan fingerprint density at radius 2 is 1.79 bits per heavy atom. The Hall–Kier alpha value is -2.92. The van der Waals surface area contributed by atoms with Crippen LogP contribution >= 0.6 is 11.6 Å². The third kappa shape index (κ3) is 5.79. The number of nitrogens with one attached hydrogen (secondary N) is 2. The van der Waals surface area contributed by atoms with Crippen LogP contribution in [0, 0.1) is 13.8 Å². The van der Waals surface area contributed by atoms with Crippen molar-refractivity contribution in [3.63, 3.8) is 0 Å². The van der Waals surface area contributed by atoms with E-state index in [1.807, 2.05) is 55.5 Å². The predicted octanol–water partition coefficient (Wildman–Crippen LogP) is 4.33.